The summed E-state index contributed by atoms with van der Waals surface area (Å²) < 4.78 is 4.65. The van der Waals surface area contributed by atoms with Crippen LogP contribution in [0.1, 0.15) is 21.5 Å². The average Bonchev–Trinajstić information content (AvgIpc) is 2.27. The van der Waals surface area contributed by atoms with Crippen molar-refractivity contribution in [3.63, 3.8) is 0 Å². The maximum atomic E-state index is 11.2. The lowest BCUT2D eigenvalue weighted by Gasteiger charge is -2.10. The molecule has 0 radical (unpaired) electrons. The summed E-state index contributed by atoms with van der Waals surface area (Å²) in [6.07, 6.45) is 2.75. The highest BCUT2D eigenvalue weighted by atomic mass is 16.5. The van der Waals surface area contributed by atoms with Crippen molar-refractivity contribution in [1.29, 1.82) is 0 Å². The monoisotopic (exact) mass is 189 g/mol. The highest BCUT2D eigenvalue weighted by Crippen LogP contribution is 2.15. The van der Waals surface area contributed by atoms with Gasteiger partial charge < -0.3 is 4.74 Å². The molecule has 14 heavy (non-hydrogen) atoms. The molecule has 0 amide bonds. The fourth-order valence-electron chi connectivity index (χ4n) is 1.54. The third-order valence-corrected chi connectivity index (χ3v) is 2.30. The first-order valence-electron chi connectivity index (χ1n) is 4.52. The molecule has 0 spiro atoms. The molecule has 0 saturated carbocycles. The number of aliphatic imine (C=N–C) groups is 1. The summed E-state index contributed by atoms with van der Waals surface area (Å²) in [7, 11) is 1.39. The summed E-state index contributed by atoms with van der Waals surface area (Å²) in [5.41, 5.74) is 2.88. The standard InChI is InChI=1S/C11H11NO2/c1-14-11(13)9-2-3-10-7-12-5-4-8(10)6-9/h2-3,6-7H,4-5H2,1H3. The molecule has 3 nitrogen and oxygen atoms in total. The van der Waals surface area contributed by atoms with E-state index in [2.05, 4.69) is 9.73 Å². The second kappa shape index (κ2) is 3.62. The van der Waals surface area contributed by atoms with Gasteiger partial charge in [-0.05, 0) is 29.7 Å². The van der Waals surface area contributed by atoms with Crippen LogP contribution >= 0.6 is 0 Å². The van der Waals surface area contributed by atoms with Crippen LogP contribution in [0.15, 0.2) is 23.2 Å². The zero-order chi connectivity index (χ0) is 9.97. The number of methoxy groups -OCH3 is 1. The summed E-state index contributed by atoms with van der Waals surface area (Å²) >= 11 is 0. The number of esters is 1. The first kappa shape index (κ1) is 8.94. The third kappa shape index (κ3) is 1.53. The Kier molecular flexibility index (Phi) is 2.31. The number of rotatable bonds is 1. The molecule has 0 atom stereocenters. The Hall–Kier alpha value is -1.64. The predicted molar refractivity (Wildman–Crippen MR) is 53.9 cm³/mol. The minimum atomic E-state index is -0.282. The van der Waals surface area contributed by atoms with Gasteiger partial charge in [0.1, 0.15) is 0 Å². The lowest BCUT2D eigenvalue weighted by atomic mass is 10.0. The van der Waals surface area contributed by atoms with Gasteiger partial charge in [0.2, 0.25) is 0 Å². The molecular formula is C11H11NO2. The van der Waals surface area contributed by atoms with Gasteiger partial charge in [-0.3, -0.25) is 4.99 Å². The largest absolute Gasteiger partial charge is 0.465 e. The minimum Gasteiger partial charge on any atom is -0.465 e. The Morgan fingerprint density at radius 1 is 1.50 bits per heavy atom. The minimum absolute atomic E-state index is 0.282. The molecule has 1 heterocycles. The molecule has 1 aromatic carbocycles. The Morgan fingerprint density at radius 2 is 2.36 bits per heavy atom. The van der Waals surface area contributed by atoms with Gasteiger partial charge in [0.15, 0.2) is 0 Å². The normalized spacial score (nSPS) is 13.5. The van der Waals surface area contributed by atoms with Crippen LogP contribution in [0.2, 0.25) is 0 Å². The number of benzene rings is 1. The molecule has 0 aromatic heterocycles. The number of hydrogen-bond donors (Lipinski definition) is 0. The van der Waals surface area contributed by atoms with Crippen molar-refractivity contribution in [2.75, 3.05) is 13.7 Å². The van der Waals surface area contributed by atoms with E-state index in [0.29, 0.717) is 5.56 Å². The molecule has 0 bridgehead atoms. The molecule has 0 unspecified atom stereocenters. The number of nitrogens with zero attached hydrogens (tertiary/aromatic N) is 1. The first-order chi connectivity index (χ1) is 6.81. The molecule has 0 saturated heterocycles. The van der Waals surface area contributed by atoms with Gasteiger partial charge in [0.05, 0.1) is 12.7 Å². The van der Waals surface area contributed by atoms with Crippen molar-refractivity contribution in [2.24, 2.45) is 4.99 Å². The molecule has 1 aromatic rings. The molecule has 2 rings (SSSR count). The summed E-state index contributed by atoms with van der Waals surface area (Å²) in [6, 6.07) is 5.55. The maximum absolute atomic E-state index is 11.2. The van der Waals surface area contributed by atoms with Crippen molar-refractivity contribution in [1.82, 2.24) is 0 Å². The molecular weight excluding hydrogens is 178 g/mol. The fraction of sp³-hybridized carbons (Fsp3) is 0.273. The van der Waals surface area contributed by atoms with Crippen LogP contribution in [0.25, 0.3) is 0 Å². The average molecular weight is 189 g/mol. The van der Waals surface area contributed by atoms with Crippen LogP contribution < -0.4 is 0 Å². The Morgan fingerprint density at radius 3 is 3.14 bits per heavy atom. The van der Waals surface area contributed by atoms with Crippen molar-refractivity contribution in [3.05, 3.63) is 34.9 Å². The van der Waals surface area contributed by atoms with Gasteiger partial charge in [0.25, 0.3) is 0 Å². The highest BCUT2D eigenvalue weighted by molar-refractivity contribution is 5.91. The third-order valence-electron chi connectivity index (χ3n) is 2.30. The van der Waals surface area contributed by atoms with E-state index in [0.717, 1.165) is 18.5 Å². The van der Waals surface area contributed by atoms with E-state index in [9.17, 15) is 4.79 Å². The molecule has 3 heteroatoms. The van der Waals surface area contributed by atoms with Crippen molar-refractivity contribution < 1.29 is 9.53 Å². The summed E-state index contributed by atoms with van der Waals surface area (Å²) in [5.74, 6) is -0.282. The van der Waals surface area contributed by atoms with E-state index >= 15 is 0 Å². The van der Waals surface area contributed by atoms with Crippen molar-refractivity contribution in [2.45, 2.75) is 6.42 Å². The van der Waals surface area contributed by atoms with E-state index in [-0.39, 0.29) is 5.97 Å². The second-order valence-corrected chi connectivity index (χ2v) is 3.19. The smallest absolute Gasteiger partial charge is 0.337 e. The van der Waals surface area contributed by atoms with E-state index in [4.69, 9.17) is 0 Å². The number of fused-ring (bicyclic) bond motifs is 1. The zero-order valence-corrected chi connectivity index (χ0v) is 7.99. The summed E-state index contributed by atoms with van der Waals surface area (Å²) in [6.45, 7) is 0.803. The molecule has 0 aliphatic carbocycles. The Bertz CT molecular complexity index is 396. The van der Waals surface area contributed by atoms with Crippen LogP contribution in [-0.4, -0.2) is 25.8 Å². The van der Waals surface area contributed by atoms with Crippen molar-refractivity contribution in [3.8, 4) is 0 Å². The number of carbonyl (C=O) groups is 1. The number of hydrogen-bond acceptors (Lipinski definition) is 3. The van der Waals surface area contributed by atoms with Gasteiger partial charge in [-0.2, -0.15) is 0 Å². The molecule has 0 fully saturated rings. The summed E-state index contributed by atoms with van der Waals surface area (Å²) in [4.78, 5) is 15.4. The van der Waals surface area contributed by atoms with E-state index in [1.807, 2.05) is 18.3 Å². The Balaban J connectivity index is 2.39. The highest BCUT2D eigenvalue weighted by Gasteiger charge is 2.10. The van der Waals surface area contributed by atoms with Gasteiger partial charge in [-0.15, -0.1) is 0 Å². The fourth-order valence-corrected chi connectivity index (χ4v) is 1.54. The SMILES string of the molecule is COC(=O)c1ccc2c(c1)CCN=C2. The van der Waals surface area contributed by atoms with Gasteiger partial charge in [0, 0.05) is 12.8 Å². The van der Waals surface area contributed by atoms with Crippen LogP contribution in [0.4, 0.5) is 0 Å². The van der Waals surface area contributed by atoms with Crippen LogP contribution in [0, 0.1) is 0 Å². The van der Waals surface area contributed by atoms with Crippen molar-refractivity contribution >= 4 is 12.2 Å². The van der Waals surface area contributed by atoms with Gasteiger partial charge >= 0.3 is 5.97 Å². The van der Waals surface area contributed by atoms with Crippen LogP contribution in [0.3, 0.4) is 0 Å². The summed E-state index contributed by atoms with van der Waals surface area (Å²) in [5, 5.41) is 0. The quantitative estimate of drug-likeness (QED) is 0.627. The van der Waals surface area contributed by atoms with Gasteiger partial charge in [-0.25, -0.2) is 4.79 Å². The van der Waals surface area contributed by atoms with Crippen LogP contribution in [0.5, 0.6) is 0 Å². The lowest BCUT2D eigenvalue weighted by molar-refractivity contribution is 0.0600. The van der Waals surface area contributed by atoms with Crippen LogP contribution in [-0.2, 0) is 11.2 Å². The topological polar surface area (TPSA) is 38.7 Å². The van der Waals surface area contributed by atoms with E-state index < -0.39 is 0 Å². The van der Waals surface area contributed by atoms with E-state index in [1.165, 1.54) is 12.7 Å². The number of ether oxygens (including phenoxy) is 1. The molecule has 0 N–H and O–H groups in total. The molecule has 72 valence electrons. The van der Waals surface area contributed by atoms with Gasteiger partial charge in [-0.1, -0.05) is 6.07 Å². The zero-order valence-electron chi connectivity index (χ0n) is 7.99. The number of carbonyl (C=O) groups excluding carboxylic acids is 1. The van der Waals surface area contributed by atoms with E-state index in [1.54, 1.807) is 6.07 Å². The Labute approximate surface area is 82.4 Å². The maximum Gasteiger partial charge on any atom is 0.337 e. The first-order valence-corrected chi connectivity index (χ1v) is 4.52. The second-order valence-electron chi connectivity index (χ2n) is 3.19. The predicted octanol–water partition coefficient (Wildman–Crippen LogP) is 1.45. The molecule has 1 aliphatic rings. The lowest BCUT2D eigenvalue weighted by Crippen LogP contribution is -2.07. The molecule has 1 aliphatic heterocycles.